The lowest BCUT2D eigenvalue weighted by Crippen LogP contribution is -2.15. The predicted octanol–water partition coefficient (Wildman–Crippen LogP) is 3.24. The maximum absolute atomic E-state index is 12.2. The van der Waals surface area contributed by atoms with Gasteiger partial charge in [0.1, 0.15) is 11.3 Å². The molecule has 0 aliphatic rings. The molecule has 1 N–H and O–H groups in total. The first-order chi connectivity index (χ1) is 9.24. The monoisotopic (exact) mass is 271 g/mol. The minimum absolute atomic E-state index is 0.189. The first kappa shape index (κ1) is 11.7. The van der Waals surface area contributed by atoms with E-state index in [1.807, 2.05) is 6.07 Å². The van der Waals surface area contributed by atoms with Crippen molar-refractivity contribution >= 4 is 28.8 Å². The number of hydrogen-bond acceptors (Lipinski definition) is 2. The number of nitrogens with zero attached hydrogens (tertiary/aromatic N) is 2. The zero-order valence-corrected chi connectivity index (χ0v) is 10.6. The molecule has 0 aliphatic carbocycles. The largest absolute Gasteiger partial charge is 0.321 e. The lowest BCUT2D eigenvalue weighted by Gasteiger charge is -2.07. The summed E-state index contributed by atoms with van der Waals surface area (Å²) >= 11 is 5.80. The molecule has 2 aromatic heterocycles. The van der Waals surface area contributed by atoms with Gasteiger partial charge in [0.2, 0.25) is 0 Å². The lowest BCUT2D eigenvalue weighted by molar-refractivity contribution is 0.102. The van der Waals surface area contributed by atoms with Crippen LogP contribution in [0.4, 0.5) is 5.69 Å². The second-order valence-corrected chi connectivity index (χ2v) is 4.46. The number of hydrogen-bond donors (Lipinski definition) is 1. The quantitative estimate of drug-likeness (QED) is 0.778. The summed E-state index contributed by atoms with van der Waals surface area (Å²) in [6.07, 6.45) is 3.42. The van der Waals surface area contributed by atoms with Crippen molar-refractivity contribution in [2.24, 2.45) is 0 Å². The molecular weight excluding hydrogens is 262 g/mol. The highest BCUT2D eigenvalue weighted by atomic mass is 35.5. The van der Waals surface area contributed by atoms with E-state index in [4.69, 9.17) is 11.6 Å². The summed E-state index contributed by atoms with van der Waals surface area (Å²) < 4.78 is 1.74. The zero-order valence-electron chi connectivity index (χ0n) is 9.88. The average molecular weight is 272 g/mol. The van der Waals surface area contributed by atoms with E-state index in [-0.39, 0.29) is 5.91 Å². The molecule has 0 bridgehead atoms. The smallest absolute Gasteiger partial charge is 0.272 e. The van der Waals surface area contributed by atoms with Crippen LogP contribution in [0.2, 0.25) is 5.02 Å². The normalized spacial score (nSPS) is 10.6. The molecule has 3 rings (SSSR count). The Morgan fingerprint density at radius 3 is 2.74 bits per heavy atom. The van der Waals surface area contributed by atoms with Crippen LogP contribution in [0.5, 0.6) is 0 Å². The van der Waals surface area contributed by atoms with Crippen molar-refractivity contribution in [1.82, 2.24) is 9.38 Å². The number of carbonyl (C=O) groups is 1. The van der Waals surface area contributed by atoms with Crippen molar-refractivity contribution in [3.63, 3.8) is 0 Å². The third-order valence-electron chi connectivity index (χ3n) is 2.76. The van der Waals surface area contributed by atoms with Gasteiger partial charge in [-0.3, -0.25) is 9.20 Å². The van der Waals surface area contributed by atoms with Crippen LogP contribution in [0.15, 0.2) is 54.9 Å². The van der Waals surface area contributed by atoms with E-state index < -0.39 is 0 Å². The summed E-state index contributed by atoms with van der Waals surface area (Å²) in [5.74, 6) is -0.189. The standard InChI is InChI=1S/C14H10ClN3O/c15-10-4-6-11(7-5-10)17-14(19)12-2-1-3-13-16-8-9-18(12)13/h1-9H,(H,17,19). The Bertz CT molecular complexity index is 734. The van der Waals surface area contributed by atoms with Gasteiger partial charge in [-0.2, -0.15) is 0 Å². The van der Waals surface area contributed by atoms with Gasteiger partial charge in [-0.15, -0.1) is 0 Å². The maximum Gasteiger partial charge on any atom is 0.272 e. The van der Waals surface area contributed by atoms with Gasteiger partial charge < -0.3 is 5.32 Å². The summed E-state index contributed by atoms with van der Waals surface area (Å²) in [5.41, 5.74) is 1.97. The number of imidazole rings is 1. The molecule has 0 spiro atoms. The molecule has 3 aromatic rings. The Hall–Kier alpha value is -2.33. The molecule has 0 unspecified atom stereocenters. The topological polar surface area (TPSA) is 46.4 Å². The van der Waals surface area contributed by atoms with E-state index in [1.54, 1.807) is 53.2 Å². The molecule has 94 valence electrons. The molecular formula is C14H10ClN3O. The van der Waals surface area contributed by atoms with E-state index in [1.165, 1.54) is 0 Å². The zero-order chi connectivity index (χ0) is 13.2. The Morgan fingerprint density at radius 1 is 1.16 bits per heavy atom. The third-order valence-corrected chi connectivity index (χ3v) is 3.01. The van der Waals surface area contributed by atoms with E-state index in [0.717, 1.165) is 5.65 Å². The van der Waals surface area contributed by atoms with Gasteiger partial charge >= 0.3 is 0 Å². The predicted molar refractivity (Wildman–Crippen MR) is 74.6 cm³/mol. The fourth-order valence-electron chi connectivity index (χ4n) is 1.86. The highest BCUT2D eigenvalue weighted by Crippen LogP contribution is 2.15. The SMILES string of the molecule is O=C(Nc1ccc(Cl)cc1)c1cccc2nccn12. The van der Waals surface area contributed by atoms with E-state index in [0.29, 0.717) is 16.4 Å². The number of rotatable bonds is 2. The molecule has 4 nitrogen and oxygen atoms in total. The fraction of sp³-hybridized carbons (Fsp3) is 0. The molecule has 1 amide bonds. The van der Waals surface area contributed by atoms with Crippen molar-refractivity contribution in [2.45, 2.75) is 0 Å². The number of halogens is 1. The van der Waals surface area contributed by atoms with Gasteiger partial charge in [0.15, 0.2) is 0 Å². The molecule has 0 atom stereocenters. The molecule has 0 saturated heterocycles. The number of benzene rings is 1. The van der Waals surface area contributed by atoms with Gasteiger partial charge in [-0.25, -0.2) is 4.98 Å². The van der Waals surface area contributed by atoms with Crippen molar-refractivity contribution in [3.8, 4) is 0 Å². The van der Waals surface area contributed by atoms with Crippen LogP contribution in [0.3, 0.4) is 0 Å². The van der Waals surface area contributed by atoms with Crippen molar-refractivity contribution < 1.29 is 4.79 Å². The van der Waals surface area contributed by atoms with Gasteiger partial charge in [0, 0.05) is 23.1 Å². The first-order valence-corrected chi connectivity index (χ1v) is 6.11. The number of fused-ring (bicyclic) bond motifs is 1. The number of nitrogens with one attached hydrogen (secondary N) is 1. The van der Waals surface area contributed by atoms with Gasteiger partial charge in [-0.05, 0) is 36.4 Å². The molecule has 19 heavy (non-hydrogen) atoms. The van der Waals surface area contributed by atoms with Gasteiger partial charge in [0.05, 0.1) is 0 Å². The van der Waals surface area contributed by atoms with Crippen LogP contribution in [-0.4, -0.2) is 15.3 Å². The highest BCUT2D eigenvalue weighted by molar-refractivity contribution is 6.30. The second kappa shape index (κ2) is 4.74. The van der Waals surface area contributed by atoms with E-state index in [2.05, 4.69) is 10.3 Å². The second-order valence-electron chi connectivity index (χ2n) is 4.03. The Morgan fingerprint density at radius 2 is 1.95 bits per heavy atom. The summed E-state index contributed by atoms with van der Waals surface area (Å²) in [4.78, 5) is 16.4. The fourth-order valence-corrected chi connectivity index (χ4v) is 1.99. The molecule has 0 saturated carbocycles. The third kappa shape index (κ3) is 2.30. The Kier molecular flexibility index (Phi) is 2.93. The molecule has 0 aliphatic heterocycles. The van der Waals surface area contributed by atoms with Crippen LogP contribution in [0.1, 0.15) is 10.5 Å². The summed E-state index contributed by atoms with van der Waals surface area (Å²) in [6, 6.07) is 12.4. The van der Waals surface area contributed by atoms with Crippen LogP contribution < -0.4 is 5.32 Å². The number of anilines is 1. The molecule has 1 aromatic carbocycles. The van der Waals surface area contributed by atoms with Gasteiger partial charge in [-0.1, -0.05) is 17.7 Å². The van der Waals surface area contributed by atoms with Crippen LogP contribution in [0.25, 0.3) is 5.65 Å². The van der Waals surface area contributed by atoms with Crippen molar-refractivity contribution in [3.05, 3.63) is 65.6 Å². The Labute approximate surface area is 114 Å². The first-order valence-electron chi connectivity index (χ1n) is 5.73. The van der Waals surface area contributed by atoms with E-state index >= 15 is 0 Å². The molecule has 2 heterocycles. The van der Waals surface area contributed by atoms with E-state index in [9.17, 15) is 4.79 Å². The minimum Gasteiger partial charge on any atom is -0.321 e. The maximum atomic E-state index is 12.2. The molecule has 0 fully saturated rings. The van der Waals surface area contributed by atoms with Crippen molar-refractivity contribution in [1.29, 1.82) is 0 Å². The number of pyridine rings is 1. The summed E-state index contributed by atoms with van der Waals surface area (Å²) in [6.45, 7) is 0. The molecule has 5 heteroatoms. The number of carbonyl (C=O) groups excluding carboxylic acids is 1. The number of amides is 1. The summed E-state index contributed by atoms with van der Waals surface area (Å²) in [7, 11) is 0. The van der Waals surface area contributed by atoms with Gasteiger partial charge in [0.25, 0.3) is 5.91 Å². The molecule has 0 radical (unpaired) electrons. The number of aromatic nitrogens is 2. The highest BCUT2D eigenvalue weighted by Gasteiger charge is 2.10. The average Bonchev–Trinajstić information content (AvgIpc) is 2.89. The lowest BCUT2D eigenvalue weighted by atomic mass is 10.3. The van der Waals surface area contributed by atoms with Crippen molar-refractivity contribution in [2.75, 3.05) is 5.32 Å². The minimum atomic E-state index is -0.189. The Balaban J connectivity index is 1.92. The van der Waals surface area contributed by atoms with Crippen LogP contribution in [0, 0.1) is 0 Å². The van der Waals surface area contributed by atoms with Crippen LogP contribution >= 0.6 is 11.6 Å². The van der Waals surface area contributed by atoms with Crippen LogP contribution in [-0.2, 0) is 0 Å². The summed E-state index contributed by atoms with van der Waals surface area (Å²) in [5, 5.41) is 3.46.